The molecule has 0 saturated carbocycles. The molecule has 4 heteroatoms. The normalized spacial score (nSPS) is 13.5. The molecule has 0 bridgehead atoms. The first-order valence-electron chi connectivity index (χ1n) is 6.79. The quantitative estimate of drug-likeness (QED) is 0.862. The number of hydrogen-bond acceptors (Lipinski definition) is 2. The predicted octanol–water partition coefficient (Wildman–Crippen LogP) is 3.81. The third-order valence-electron chi connectivity index (χ3n) is 3.78. The van der Waals surface area contributed by atoms with Gasteiger partial charge in [0.2, 0.25) is 0 Å². The lowest BCUT2D eigenvalue weighted by Gasteiger charge is -2.15. The molecule has 2 aromatic carbocycles. The molecule has 2 aromatic rings. The van der Waals surface area contributed by atoms with Crippen LogP contribution in [0.2, 0.25) is 5.02 Å². The van der Waals surface area contributed by atoms with E-state index in [0.717, 1.165) is 28.0 Å². The molecule has 108 valence electrons. The number of nitrogens with zero attached hydrogens (tertiary/aromatic N) is 1. The van der Waals surface area contributed by atoms with Crippen LogP contribution in [0.3, 0.4) is 0 Å². The standard InChI is InChI=1S/C17H16ClNO2/c1-11-7-15(21-2)8-13-10-19(17(20)16(11)13)9-12-3-5-14(18)6-4-12/h3-8H,9-10H2,1-2H3. The van der Waals surface area contributed by atoms with Crippen LogP contribution in [0.4, 0.5) is 0 Å². The second-order valence-corrected chi connectivity index (χ2v) is 5.70. The van der Waals surface area contributed by atoms with E-state index in [0.29, 0.717) is 18.1 Å². The molecule has 0 fully saturated rings. The maximum absolute atomic E-state index is 12.5. The maximum atomic E-state index is 12.5. The van der Waals surface area contributed by atoms with Crippen LogP contribution in [0.15, 0.2) is 36.4 Å². The van der Waals surface area contributed by atoms with Gasteiger partial charge in [-0.2, -0.15) is 0 Å². The summed E-state index contributed by atoms with van der Waals surface area (Å²) in [5, 5.41) is 0.704. The van der Waals surface area contributed by atoms with Gasteiger partial charge in [0.1, 0.15) is 5.75 Å². The van der Waals surface area contributed by atoms with Crippen LogP contribution in [0.5, 0.6) is 5.75 Å². The zero-order valence-corrected chi connectivity index (χ0v) is 12.8. The average molecular weight is 302 g/mol. The fourth-order valence-electron chi connectivity index (χ4n) is 2.75. The SMILES string of the molecule is COc1cc(C)c2c(c1)CN(Cc1ccc(Cl)cc1)C2=O. The molecule has 0 saturated heterocycles. The fourth-order valence-corrected chi connectivity index (χ4v) is 2.87. The van der Waals surface area contributed by atoms with E-state index in [2.05, 4.69) is 0 Å². The molecule has 21 heavy (non-hydrogen) atoms. The van der Waals surface area contributed by atoms with E-state index in [1.54, 1.807) is 7.11 Å². The summed E-state index contributed by atoms with van der Waals surface area (Å²) in [4.78, 5) is 14.4. The molecule has 0 aliphatic carbocycles. The highest BCUT2D eigenvalue weighted by Crippen LogP contribution is 2.31. The molecule has 1 aliphatic rings. The molecule has 3 nitrogen and oxygen atoms in total. The van der Waals surface area contributed by atoms with Crippen molar-refractivity contribution >= 4 is 17.5 Å². The minimum atomic E-state index is 0.0834. The van der Waals surface area contributed by atoms with Gasteiger partial charge in [-0.1, -0.05) is 23.7 Å². The summed E-state index contributed by atoms with van der Waals surface area (Å²) in [6.45, 7) is 3.16. The first-order chi connectivity index (χ1) is 10.1. The molecule has 0 radical (unpaired) electrons. The van der Waals surface area contributed by atoms with E-state index < -0.39 is 0 Å². The number of rotatable bonds is 3. The van der Waals surface area contributed by atoms with Crippen molar-refractivity contribution in [2.45, 2.75) is 20.0 Å². The largest absolute Gasteiger partial charge is 0.497 e. The van der Waals surface area contributed by atoms with Gasteiger partial charge in [0.05, 0.1) is 7.11 Å². The smallest absolute Gasteiger partial charge is 0.255 e. The van der Waals surface area contributed by atoms with Crippen molar-refractivity contribution in [1.29, 1.82) is 0 Å². The van der Waals surface area contributed by atoms with Gasteiger partial charge in [-0.15, -0.1) is 0 Å². The van der Waals surface area contributed by atoms with Crippen molar-refractivity contribution in [2.24, 2.45) is 0 Å². The molecule has 1 aliphatic heterocycles. The van der Waals surface area contributed by atoms with Crippen LogP contribution >= 0.6 is 11.6 Å². The lowest BCUT2D eigenvalue weighted by molar-refractivity contribution is 0.0766. The highest BCUT2D eigenvalue weighted by atomic mass is 35.5. The first-order valence-corrected chi connectivity index (χ1v) is 7.17. The number of benzene rings is 2. The van der Waals surface area contributed by atoms with Crippen LogP contribution in [-0.4, -0.2) is 17.9 Å². The summed E-state index contributed by atoms with van der Waals surface area (Å²) in [5.74, 6) is 0.882. The Labute approximate surface area is 129 Å². The van der Waals surface area contributed by atoms with Crippen LogP contribution in [0.25, 0.3) is 0 Å². The lowest BCUT2D eigenvalue weighted by Crippen LogP contribution is -2.23. The molecule has 3 rings (SSSR count). The van der Waals surface area contributed by atoms with Crippen LogP contribution in [0, 0.1) is 6.92 Å². The molecular weight excluding hydrogens is 286 g/mol. The number of carbonyl (C=O) groups is 1. The van der Waals surface area contributed by atoms with Crippen molar-refractivity contribution in [3.05, 3.63) is 63.7 Å². The minimum absolute atomic E-state index is 0.0834. The maximum Gasteiger partial charge on any atom is 0.255 e. The van der Waals surface area contributed by atoms with Crippen LogP contribution in [-0.2, 0) is 13.1 Å². The Hall–Kier alpha value is -2.00. The third kappa shape index (κ3) is 2.61. The summed E-state index contributed by atoms with van der Waals surface area (Å²) < 4.78 is 5.28. The predicted molar refractivity (Wildman–Crippen MR) is 82.8 cm³/mol. The summed E-state index contributed by atoms with van der Waals surface area (Å²) in [6, 6.07) is 11.4. The minimum Gasteiger partial charge on any atom is -0.497 e. The van der Waals surface area contributed by atoms with E-state index in [-0.39, 0.29) is 5.91 Å². The Bertz CT molecular complexity index is 695. The highest BCUT2D eigenvalue weighted by Gasteiger charge is 2.29. The Kier molecular flexibility index (Phi) is 3.60. The van der Waals surface area contributed by atoms with Gasteiger partial charge >= 0.3 is 0 Å². The van der Waals surface area contributed by atoms with Crippen LogP contribution in [0.1, 0.15) is 27.0 Å². The first kappa shape index (κ1) is 14.0. The number of aryl methyl sites for hydroxylation is 1. The average Bonchev–Trinajstić information content (AvgIpc) is 2.78. The number of carbonyl (C=O) groups excluding carboxylic acids is 1. The van der Waals surface area contributed by atoms with Gasteiger partial charge < -0.3 is 9.64 Å². The summed E-state index contributed by atoms with van der Waals surface area (Å²) >= 11 is 5.89. The Morgan fingerprint density at radius 3 is 2.62 bits per heavy atom. The summed E-state index contributed by atoms with van der Waals surface area (Å²) in [6.07, 6.45) is 0. The number of methoxy groups -OCH3 is 1. The van der Waals surface area contributed by atoms with E-state index in [1.807, 2.05) is 48.2 Å². The number of hydrogen-bond donors (Lipinski definition) is 0. The fraction of sp³-hybridized carbons (Fsp3) is 0.235. The van der Waals surface area contributed by atoms with E-state index in [4.69, 9.17) is 16.3 Å². The Morgan fingerprint density at radius 1 is 1.24 bits per heavy atom. The highest BCUT2D eigenvalue weighted by molar-refractivity contribution is 6.30. The van der Waals surface area contributed by atoms with Crippen molar-refractivity contribution < 1.29 is 9.53 Å². The van der Waals surface area contributed by atoms with E-state index >= 15 is 0 Å². The number of halogens is 1. The van der Waals surface area contributed by atoms with Gasteiger partial charge in [-0.3, -0.25) is 4.79 Å². The number of ether oxygens (including phenoxy) is 1. The number of amides is 1. The van der Waals surface area contributed by atoms with Gasteiger partial charge in [-0.05, 0) is 47.9 Å². The summed E-state index contributed by atoms with van der Waals surface area (Å²) in [5.41, 5.74) is 3.88. The van der Waals surface area contributed by atoms with Gasteiger partial charge in [0.25, 0.3) is 5.91 Å². The molecule has 1 heterocycles. The third-order valence-corrected chi connectivity index (χ3v) is 4.03. The monoisotopic (exact) mass is 301 g/mol. The van der Waals surface area contributed by atoms with Crippen molar-refractivity contribution in [3.63, 3.8) is 0 Å². The van der Waals surface area contributed by atoms with Gasteiger partial charge in [0.15, 0.2) is 0 Å². The Balaban J connectivity index is 1.86. The summed E-state index contributed by atoms with van der Waals surface area (Å²) in [7, 11) is 1.64. The zero-order valence-electron chi connectivity index (χ0n) is 12.0. The molecule has 1 amide bonds. The molecular formula is C17H16ClNO2. The second kappa shape index (κ2) is 5.41. The molecule has 0 atom stereocenters. The van der Waals surface area contributed by atoms with Gasteiger partial charge in [-0.25, -0.2) is 0 Å². The second-order valence-electron chi connectivity index (χ2n) is 5.27. The molecule has 0 spiro atoms. The molecule has 0 aromatic heterocycles. The van der Waals surface area contributed by atoms with Crippen LogP contribution < -0.4 is 4.74 Å². The van der Waals surface area contributed by atoms with Crippen molar-refractivity contribution in [2.75, 3.05) is 7.11 Å². The van der Waals surface area contributed by atoms with E-state index in [1.165, 1.54) is 0 Å². The molecule has 0 unspecified atom stereocenters. The lowest BCUT2D eigenvalue weighted by atomic mass is 10.0. The van der Waals surface area contributed by atoms with E-state index in [9.17, 15) is 4.79 Å². The van der Waals surface area contributed by atoms with Crippen molar-refractivity contribution in [3.8, 4) is 5.75 Å². The molecule has 0 N–H and O–H groups in total. The van der Waals surface area contributed by atoms with Crippen molar-refractivity contribution in [1.82, 2.24) is 4.90 Å². The zero-order chi connectivity index (χ0) is 15.0. The topological polar surface area (TPSA) is 29.5 Å². The number of fused-ring (bicyclic) bond motifs is 1. The van der Waals surface area contributed by atoms with Gasteiger partial charge in [0, 0.05) is 23.7 Å². The Morgan fingerprint density at radius 2 is 1.95 bits per heavy atom.